The van der Waals surface area contributed by atoms with Crippen LogP contribution in [0, 0.1) is 5.82 Å². The molecule has 0 saturated carbocycles. The monoisotopic (exact) mass is 428 g/mol. The summed E-state index contributed by atoms with van der Waals surface area (Å²) in [5.74, 6) is 0.740. The number of ether oxygens (including phenoxy) is 1. The molecule has 10 nitrogen and oxygen atoms in total. The highest BCUT2D eigenvalue weighted by Crippen LogP contribution is 2.19. The Morgan fingerprint density at radius 3 is 2.32 bits per heavy atom. The van der Waals surface area contributed by atoms with E-state index in [4.69, 9.17) is 27.7 Å². The number of carbonyl (C=O) groups is 1. The van der Waals surface area contributed by atoms with E-state index in [0.29, 0.717) is 29.4 Å². The molecule has 3 aromatic rings. The van der Waals surface area contributed by atoms with Crippen LogP contribution in [0.2, 0.25) is 0 Å². The normalized spacial score (nSPS) is 9.87. The summed E-state index contributed by atoms with van der Waals surface area (Å²) in [6, 6.07) is 11.1. The Labute approximate surface area is 178 Å². The number of halogens is 1. The number of rotatable bonds is 5. The van der Waals surface area contributed by atoms with Gasteiger partial charge < -0.3 is 33.0 Å². The molecule has 2 heterocycles. The second kappa shape index (κ2) is 11.0. The van der Waals surface area contributed by atoms with Gasteiger partial charge in [0.15, 0.2) is 0 Å². The van der Waals surface area contributed by atoms with Gasteiger partial charge in [0.2, 0.25) is 0 Å². The highest BCUT2D eigenvalue weighted by molar-refractivity contribution is 5.88. The van der Waals surface area contributed by atoms with Crippen LogP contribution in [0.1, 0.15) is 12.5 Å². The van der Waals surface area contributed by atoms with Gasteiger partial charge in [0.25, 0.3) is 0 Å². The lowest BCUT2D eigenvalue weighted by Crippen LogP contribution is -2.15. The molecule has 1 aromatic carbocycles. The van der Waals surface area contributed by atoms with E-state index in [1.165, 1.54) is 18.3 Å². The summed E-state index contributed by atoms with van der Waals surface area (Å²) >= 11 is 0. The van der Waals surface area contributed by atoms with Crippen molar-refractivity contribution in [2.45, 2.75) is 13.5 Å². The predicted octanol–water partition coefficient (Wildman–Crippen LogP) is 2.81. The summed E-state index contributed by atoms with van der Waals surface area (Å²) in [7, 11) is 0. The van der Waals surface area contributed by atoms with Crippen molar-refractivity contribution in [3.05, 3.63) is 60.0 Å². The first kappa shape index (κ1) is 23.0. The molecule has 0 spiro atoms. The van der Waals surface area contributed by atoms with Crippen LogP contribution in [-0.4, -0.2) is 22.7 Å². The van der Waals surface area contributed by atoms with Crippen LogP contribution in [0.4, 0.5) is 43.7 Å². The summed E-state index contributed by atoms with van der Waals surface area (Å²) in [5, 5.41) is 5.57. The van der Waals surface area contributed by atoms with Gasteiger partial charge in [-0.25, -0.2) is 19.2 Å². The molecule has 0 aliphatic rings. The maximum Gasteiger partial charge on any atom is 0.411 e. The average Bonchev–Trinajstić information content (AvgIpc) is 2.74. The summed E-state index contributed by atoms with van der Waals surface area (Å²) < 4.78 is 17.6. The molecule has 164 valence electrons. The lowest BCUT2D eigenvalue weighted by Gasteiger charge is -2.10. The quantitative estimate of drug-likeness (QED) is 0.356. The number of anilines is 6. The number of nitrogens with two attached hydrogens (primary N) is 4. The zero-order chi connectivity index (χ0) is 22.8. The fourth-order valence-electron chi connectivity index (χ4n) is 2.26. The van der Waals surface area contributed by atoms with E-state index < -0.39 is 6.09 Å². The molecule has 0 saturated heterocycles. The predicted molar refractivity (Wildman–Crippen MR) is 120 cm³/mol. The van der Waals surface area contributed by atoms with Crippen molar-refractivity contribution in [2.24, 2.45) is 0 Å². The number of hydrogen-bond donors (Lipinski definition) is 6. The Hall–Kier alpha value is -4.28. The van der Waals surface area contributed by atoms with E-state index in [1.54, 1.807) is 37.3 Å². The second-order valence-electron chi connectivity index (χ2n) is 6.15. The van der Waals surface area contributed by atoms with Crippen LogP contribution in [-0.2, 0) is 11.3 Å². The van der Waals surface area contributed by atoms with Gasteiger partial charge in [-0.05, 0) is 42.8 Å². The van der Waals surface area contributed by atoms with Gasteiger partial charge in [-0.2, -0.15) is 0 Å². The Kier molecular flexibility index (Phi) is 8.20. The topological polar surface area (TPSA) is 180 Å². The van der Waals surface area contributed by atoms with Crippen molar-refractivity contribution in [1.82, 2.24) is 9.97 Å². The first-order valence-electron chi connectivity index (χ1n) is 9.24. The molecular formula is C20H25FN8O2. The van der Waals surface area contributed by atoms with Crippen molar-refractivity contribution in [1.29, 1.82) is 0 Å². The number of hydrogen-bond acceptors (Lipinski definition) is 9. The fourth-order valence-corrected chi connectivity index (χ4v) is 2.26. The minimum Gasteiger partial charge on any atom is -0.450 e. The molecule has 1 amide bonds. The summed E-state index contributed by atoms with van der Waals surface area (Å²) in [6.45, 7) is 2.47. The van der Waals surface area contributed by atoms with Gasteiger partial charge in [-0.1, -0.05) is 12.1 Å². The molecule has 11 heteroatoms. The summed E-state index contributed by atoms with van der Waals surface area (Å²) in [5.41, 5.74) is 24.0. The van der Waals surface area contributed by atoms with Crippen LogP contribution < -0.4 is 33.6 Å². The third kappa shape index (κ3) is 7.24. The highest BCUT2D eigenvalue weighted by atomic mass is 19.1. The Morgan fingerprint density at radius 1 is 1.03 bits per heavy atom. The molecule has 0 fully saturated rings. The lowest BCUT2D eigenvalue weighted by atomic mass is 10.2. The SMILES string of the molecule is CCOC(=O)Nc1ccc(NCc2ccc(F)cc2)nc1N.Nc1ccnc(N)c1N. The second-order valence-corrected chi connectivity index (χ2v) is 6.15. The number of carbonyl (C=O) groups excluding carboxylic acids is 1. The van der Waals surface area contributed by atoms with Crippen molar-refractivity contribution in [2.75, 3.05) is 40.2 Å². The molecule has 3 rings (SSSR count). The number of aromatic nitrogens is 2. The van der Waals surface area contributed by atoms with Gasteiger partial charge in [-0.3, -0.25) is 5.32 Å². The smallest absolute Gasteiger partial charge is 0.411 e. The Morgan fingerprint density at radius 2 is 1.74 bits per heavy atom. The summed E-state index contributed by atoms with van der Waals surface area (Å²) in [6.07, 6.45) is 0.934. The molecule has 10 N–H and O–H groups in total. The lowest BCUT2D eigenvalue weighted by molar-refractivity contribution is 0.168. The zero-order valence-corrected chi connectivity index (χ0v) is 16.9. The number of amides is 1. The zero-order valence-electron chi connectivity index (χ0n) is 16.9. The van der Waals surface area contributed by atoms with Crippen LogP contribution in [0.5, 0.6) is 0 Å². The van der Waals surface area contributed by atoms with Gasteiger partial charge in [0, 0.05) is 12.7 Å². The Bertz CT molecular complexity index is 994. The van der Waals surface area contributed by atoms with Crippen LogP contribution >= 0.6 is 0 Å². The molecular weight excluding hydrogens is 403 g/mol. The molecule has 0 atom stereocenters. The van der Waals surface area contributed by atoms with Crippen molar-refractivity contribution < 1.29 is 13.9 Å². The van der Waals surface area contributed by atoms with E-state index >= 15 is 0 Å². The van der Waals surface area contributed by atoms with E-state index in [0.717, 1.165) is 5.56 Å². The molecule has 0 unspecified atom stereocenters. The fraction of sp³-hybridized carbons (Fsp3) is 0.150. The van der Waals surface area contributed by atoms with E-state index in [2.05, 4.69) is 20.6 Å². The highest BCUT2D eigenvalue weighted by Gasteiger charge is 2.07. The van der Waals surface area contributed by atoms with Gasteiger partial charge in [0.1, 0.15) is 23.3 Å². The number of nitrogens with one attached hydrogen (secondary N) is 2. The third-order valence-electron chi connectivity index (χ3n) is 3.88. The average molecular weight is 428 g/mol. The maximum atomic E-state index is 12.8. The third-order valence-corrected chi connectivity index (χ3v) is 3.88. The van der Waals surface area contributed by atoms with Crippen LogP contribution in [0.3, 0.4) is 0 Å². The van der Waals surface area contributed by atoms with E-state index in [1.807, 2.05) is 0 Å². The summed E-state index contributed by atoms with van der Waals surface area (Å²) in [4.78, 5) is 19.2. The van der Waals surface area contributed by atoms with Gasteiger partial charge in [0.05, 0.1) is 23.7 Å². The van der Waals surface area contributed by atoms with Gasteiger partial charge in [-0.15, -0.1) is 0 Å². The van der Waals surface area contributed by atoms with Crippen molar-refractivity contribution in [3.8, 4) is 0 Å². The first-order valence-corrected chi connectivity index (χ1v) is 9.24. The van der Waals surface area contributed by atoms with Crippen molar-refractivity contribution >= 4 is 40.6 Å². The van der Waals surface area contributed by atoms with E-state index in [9.17, 15) is 9.18 Å². The molecule has 0 bridgehead atoms. The number of nitrogen functional groups attached to an aromatic ring is 4. The van der Waals surface area contributed by atoms with Crippen LogP contribution in [0.25, 0.3) is 0 Å². The van der Waals surface area contributed by atoms with Crippen LogP contribution in [0.15, 0.2) is 48.7 Å². The van der Waals surface area contributed by atoms with Gasteiger partial charge >= 0.3 is 6.09 Å². The number of benzene rings is 1. The molecule has 2 aromatic heterocycles. The molecule has 0 aliphatic carbocycles. The minimum absolute atomic E-state index is 0.178. The van der Waals surface area contributed by atoms with Crippen molar-refractivity contribution in [3.63, 3.8) is 0 Å². The number of nitrogens with zero attached hydrogens (tertiary/aromatic N) is 2. The molecule has 31 heavy (non-hydrogen) atoms. The van der Waals surface area contributed by atoms with E-state index in [-0.39, 0.29) is 24.1 Å². The minimum atomic E-state index is -0.581. The standard InChI is InChI=1S/C15H17FN4O2.C5H8N4/c1-2-22-15(21)19-12-7-8-13(20-14(12)17)18-9-10-3-5-11(16)6-4-10;6-3-1-2-9-5(8)4(3)7/h3-8H,2,9H2,1H3,(H,19,21)(H3,17,18,20);1-2H,7H2,(H4,6,8,9). The molecule has 0 aliphatic heterocycles. The Balaban J connectivity index is 0.000000316. The first-order chi connectivity index (χ1) is 14.8. The largest absolute Gasteiger partial charge is 0.450 e. The molecule has 0 radical (unpaired) electrons. The number of pyridine rings is 2. The maximum absolute atomic E-state index is 12.8.